The minimum Gasteiger partial charge on any atom is -0.497 e. The number of fused-ring (bicyclic) bond motifs is 3. The molecule has 1 aliphatic rings. The van der Waals surface area contributed by atoms with Gasteiger partial charge in [-0.15, -0.1) is 0 Å². The summed E-state index contributed by atoms with van der Waals surface area (Å²) in [5, 5.41) is 12.3. The molecule has 7 heteroatoms. The lowest BCUT2D eigenvalue weighted by Crippen LogP contribution is -2.40. The van der Waals surface area contributed by atoms with E-state index in [0.29, 0.717) is 17.9 Å². The van der Waals surface area contributed by atoms with Gasteiger partial charge in [0.1, 0.15) is 5.75 Å². The molecule has 1 amide bonds. The van der Waals surface area contributed by atoms with Crippen molar-refractivity contribution < 1.29 is 14.5 Å². The first kappa shape index (κ1) is 19.8. The number of para-hydroxylation sites is 1. The maximum Gasteiger partial charge on any atom is 0.269 e. The Balaban J connectivity index is 1.62. The first-order valence-electron chi connectivity index (χ1n) is 10.4. The molecule has 160 valence electrons. The summed E-state index contributed by atoms with van der Waals surface area (Å²) in [7, 11) is 1.59. The first-order valence-corrected chi connectivity index (χ1v) is 10.4. The number of nitrogens with zero attached hydrogens (tertiary/aromatic N) is 2. The van der Waals surface area contributed by atoms with Gasteiger partial charge in [0.2, 0.25) is 0 Å². The summed E-state index contributed by atoms with van der Waals surface area (Å²) in [5.74, 6) is 0.588. The van der Waals surface area contributed by atoms with Gasteiger partial charge in [-0.1, -0.05) is 18.2 Å². The molecule has 1 aromatic heterocycles. The van der Waals surface area contributed by atoms with Gasteiger partial charge in [0, 0.05) is 40.8 Å². The number of rotatable bonds is 4. The third-order valence-electron chi connectivity index (χ3n) is 6.05. The number of hydrogen-bond donors (Lipinski definition) is 1. The molecule has 32 heavy (non-hydrogen) atoms. The van der Waals surface area contributed by atoms with Crippen LogP contribution in [0.4, 0.5) is 5.69 Å². The van der Waals surface area contributed by atoms with Crippen LogP contribution < -0.4 is 4.74 Å². The fraction of sp³-hybridized carbons (Fsp3) is 0.160. The number of H-pyrrole nitrogens is 1. The van der Waals surface area contributed by atoms with E-state index in [1.165, 1.54) is 17.7 Å². The molecule has 1 atom stereocenters. The first-order chi connectivity index (χ1) is 15.6. The van der Waals surface area contributed by atoms with E-state index >= 15 is 0 Å². The monoisotopic (exact) mass is 427 g/mol. The van der Waals surface area contributed by atoms with Gasteiger partial charge in [-0.05, 0) is 60.0 Å². The second-order valence-electron chi connectivity index (χ2n) is 7.79. The molecule has 0 saturated heterocycles. The molecule has 0 saturated carbocycles. The fourth-order valence-corrected chi connectivity index (χ4v) is 4.48. The Kier molecular flexibility index (Phi) is 4.86. The van der Waals surface area contributed by atoms with Crippen molar-refractivity contribution in [1.29, 1.82) is 0 Å². The van der Waals surface area contributed by atoms with Gasteiger partial charge in [-0.2, -0.15) is 0 Å². The number of amides is 1. The highest BCUT2D eigenvalue weighted by molar-refractivity contribution is 5.95. The van der Waals surface area contributed by atoms with Crippen molar-refractivity contribution in [1.82, 2.24) is 9.88 Å². The van der Waals surface area contributed by atoms with Gasteiger partial charge in [-0.3, -0.25) is 14.9 Å². The van der Waals surface area contributed by atoms with E-state index in [2.05, 4.69) is 11.1 Å². The molecule has 7 nitrogen and oxygen atoms in total. The summed E-state index contributed by atoms with van der Waals surface area (Å²) in [6.45, 7) is 0.543. The van der Waals surface area contributed by atoms with E-state index in [0.717, 1.165) is 28.6 Å². The van der Waals surface area contributed by atoms with Crippen LogP contribution in [0.25, 0.3) is 10.9 Å². The average molecular weight is 427 g/mol. The van der Waals surface area contributed by atoms with Gasteiger partial charge in [0.15, 0.2) is 0 Å². The van der Waals surface area contributed by atoms with E-state index in [1.54, 1.807) is 43.5 Å². The summed E-state index contributed by atoms with van der Waals surface area (Å²) in [6.07, 6.45) is 0.727. The number of benzene rings is 3. The zero-order valence-electron chi connectivity index (χ0n) is 17.4. The third-order valence-corrected chi connectivity index (χ3v) is 6.05. The minimum atomic E-state index is -0.417. The third kappa shape index (κ3) is 3.28. The molecule has 0 radical (unpaired) electrons. The molecule has 1 N–H and O–H groups in total. The van der Waals surface area contributed by atoms with Crippen molar-refractivity contribution in [2.45, 2.75) is 12.5 Å². The molecular weight excluding hydrogens is 406 g/mol. The van der Waals surface area contributed by atoms with Crippen molar-refractivity contribution >= 4 is 22.5 Å². The molecule has 0 fully saturated rings. The van der Waals surface area contributed by atoms with Crippen molar-refractivity contribution in [3.63, 3.8) is 0 Å². The standard InChI is InChI=1S/C25H21N3O4/c1-32-19-12-8-17(9-13-19)25(29)27-15-14-21-20-4-2-3-5-22(20)26-23(21)24(27)16-6-10-18(11-7-16)28(30)31/h2-13,24,26H,14-15H2,1H3. The average Bonchev–Trinajstić information content (AvgIpc) is 3.22. The van der Waals surface area contributed by atoms with Crippen LogP contribution in [0.2, 0.25) is 0 Å². The molecule has 2 heterocycles. The maximum absolute atomic E-state index is 13.5. The highest BCUT2D eigenvalue weighted by Gasteiger charge is 2.35. The number of non-ortho nitro benzene ring substituents is 1. The van der Waals surface area contributed by atoms with Crippen LogP contribution in [0, 0.1) is 10.1 Å². The number of aromatic nitrogens is 1. The van der Waals surface area contributed by atoms with Crippen molar-refractivity contribution in [3.05, 3.63) is 105 Å². The highest BCUT2D eigenvalue weighted by atomic mass is 16.6. The Morgan fingerprint density at radius 2 is 1.78 bits per heavy atom. The number of methoxy groups -OCH3 is 1. The lowest BCUT2D eigenvalue weighted by molar-refractivity contribution is -0.384. The summed E-state index contributed by atoms with van der Waals surface area (Å²) < 4.78 is 5.21. The van der Waals surface area contributed by atoms with Crippen LogP contribution in [0.3, 0.4) is 0 Å². The maximum atomic E-state index is 13.5. The van der Waals surface area contributed by atoms with Gasteiger partial charge in [0.05, 0.1) is 18.1 Å². The largest absolute Gasteiger partial charge is 0.497 e. The minimum absolute atomic E-state index is 0.0226. The van der Waals surface area contributed by atoms with E-state index in [4.69, 9.17) is 4.74 Å². The molecular formula is C25H21N3O4. The zero-order valence-corrected chi connectivity index (χ0v) is 17.4. The molecule has 0 spiro atoms. The number of aromatic amines is 1. The predicted octanol–water partition coefficient (Wildman–Crippen LogP) is 4.87. The molecule has 1 unspecified atom stereocenters. The molecule has 4 aromatic rings. The Hall–Kier alpha value is -4.13. The Labute approximate surface area is 184 Å². The topological polar surface area (TPSA) is 88.5 Å². The van der Waals surface area contributed by atoms with Crippen molar-refractivity contribution in [3.8, 4) is 5.75 Å². The van der Waals surface area contributed by atoms with E-state index in [-0.39, 0.29) is 17.6 Å². The number of carbonyl (C=O) groups excluding carboxylic acids is 1. The normalized spacial score (nSPS) is 15.4. The van der Waals surface area contributed by atoms with Gasteiger partial charge >= 0.3 is 0 Å². The van der Waals surface area contributed by atoms with Crippen LogP contribution >= 0.6 is 0 Å². The van der Waals surface area contributed by atoms with Crippen LogP contribution in [0.15, 0.2) is 72.8 Å². The van der Waals surface area contributed by atoms with Gasteiger partial charge in [-0.25, -0.2) is 0 Å². The molecule has 1 aliphatic heterocycles. The number of nitro groups is 1. The Morgan fingerprint density at radius 3 is 2.47 bits per heavy atom. The predicted molar refractivity (Wildman–Crippen MR) is 121 cm³/mol. The number of hydrogen-bond acceptors (Lipinski definition) is 4. The summed E-state index contributed by atoms with van der Waals surface area (Å²) in [5.41, 5.74) is 4.57. The second-order valence-corrected chi connectivity index (χ2v) is 7.79. The summed E-state index contributed by atoms with van der Waals surface area (Å²) in [6, 6.07) is 21.2. The number of carbonyl (C=O) groups is 1. The quantitative estimate of drug-likeness (QED) is 0.372. The van der Waals surface area contributed by atoms with Crippen LogP contribution in [-0.4, -0.2) is 34.4 Å². The molecule has 0 aliphatic carbocycles. The second kappa shape index (κ2) is 7.85. The van der Waals surface area contributed by atoms with E-state index < -0.39 is 4.92 Å². The van der Waals surface area contributed by atoms with Crippen molar-refractivity contribution in [2.75, 3.05) is 13.7 Å². The van der Waals surface area contributed by atoms with Crippen LogP contribution in [-0.2, 0) is 6.42 Å². The summed E-state index contributed by atoms with van der Waals surface area (Å²) >= 11 is 0. The molecule has 3 aromatic carbocycles. The lowest BCUT2D eigenvalue weighted by atomic mass is 9.91. The molecule has 0 bridgehead atoms. The van der Waals surface area contributed by atoms with Crippen LogP contribution in [0.1, 0.15) is 33.2 Å². The highest BCUT2D eigenvalue weighted by Crippen LogP contribution is 2.39. The Morgan fingerprint density at radius 1 is 1.06 bits per heavy atom. The van der Waals surface area contributed by atoms with Gasteiger partial charge in [0.25, 0.3) is 11.6 Å². The number of nitrogens with one attached hydrogen (secondary N) is 1. The van der Waals surface area contributed by atoms with E-state index in [9.17, 15) is 14.9 Å². The SMILES string of the molecule is COc1ccc(C(=O)N2CCc3c([nH]c4ccccc34)C2c2ccc([N+](=O)[O-])cc2)cc1. The molecule has 5 rings (SSSR count). The number of ether oxygens (including phenoxy) is 1. The number of nitro benzene ring substituents is 1. The zero-order chi connectivity index (χ0) is 22.2. The summed E-state index contributed by atoms with van der Waals surface area (Å²) in [4.78, 5) is 29.6. The fourth-order valence-electron chi connectivity index (χ4n) is 4.48. The van der Waals surface area contributed by atoms with Crippen molar-refractivity contribution in [2.24, 2.45) is 0 Å². The van der Waals surface area contributed by atoms with E-state index in [1.807, 2.05) is 23.1 Å². The lowest BCUT2D eigenvalue weighted by Gasteiger charge is -2.36. The Bertz CT molecular complexity index is 1310. The van der Waals surface area contributed by atoms with Gasteiger partial charge < -0.3 is 14.6 Å². The van der Waals surface area contributed by atoms with Crippen LogP contribution in [0.5, 0.6) is 5.75 Å². The smallest absolute Gasteiger partial charge is 0.269 e.